The summed E-state index contributed by atoms with van der Waals surface area (Å²) in [5.74, 6) is 2.26. The third kappa shape index (κ3) is 4.92. The standard InChI is InChI=1S/C25H22ClN3O3/c1-17-27-13-14-29(17)16-18-7-9-19(10-8-18)25(30)28-21-15-20(26)11-12-22(21)32-24-6-4-3-5-23(24)31-2/h3-15H,16H2,1-2H3,(H,28,30). The Balaban J connectivity index is 1.51. The number of anilines is 1. The lowest BCUT2D eigenvalue weighted by Gasteiger charge is -2.15. The van der Waals surface area contributed by atoms with Gasteiger partial charge in [-0.3, -0.25) is 4.79 Å². The molecule has 0 aliphatic carbocycles. The second-order valence-electron chi connectivity index (χ2n) is 7.15. The lowest BCUT2D eigenvalue weighted by atomic mass is 10.1. The molecule has 1 amide bonds. The lowest BCUT2D eigenvalue weighted by Crippen LogP contribution is -2.13. The highest BCUT2D eigenvalue weighted by molar-refractivity contribution is 6.31. The smallest absolute Gasteiger partial charge is 0.255 e. The Labute approximate surface area is 191 Å². The van der Waals surface area contributed by atoms with Crippen molar-refractivity contribution < 1.29 is 14.3 Å². The summed E-state index contributed by atoms with van der Waals surface area (Å²) >= 11 is 6.17. The van der Waals surface area contributed by atoms with Gasteiger partial charge in [0.1, 0.15) is 5.82 Å². The molecule has 0 fully saturated rings. The number of nitrogens with one attached hydrogen (secondary N) is 1. The molecule has 162 valence electrons. The number of hydrogen-bond acceptors (Lipinski definition) is 4. The molecule has 1 N–H and O–H groups in total. The first-order valence-electron chi connectivity index (χ1n) is 10.0. The maximum Gasteiger partial charge on any atom is 0.255 e. The van der Waals surface area contributed by atoms with Crippen LogP contribution < -0.4 is 14.8 Å². The molecule has 0 atom stereocenters. The van der Waals surface area contributed by atoms with Gasteiger partial charge in [-0.05, 0) is 55.0 Å². The van der Waals surface area contributed by atoms with Gasteiger partial charge in [-0.1, -0.05) is 35.9 Å². The molecular weight excluding hydrogens is 426 g/mol. The Bertz CT molecular complexity index is 1240. The number of ether oxygens (including phenoxy) is 2. The molecule has 0 aliphatic heterocycles. The average molecular weight is 448 g/mol. The number of methoxy groups -OCH3 is 1. The van der Waals surface area contributed by atoms with E-state index in [0.717, 1.165) is 11.4 Å². The molecule has 0 spiro atoms. The molecule has 0 radical (unpaired) electrons. The van der Waals surface area contributed by atoms with Crippen LogP contribution in [0.1, 0.15) is 21.7 Å². The molecule has 7 heteroatoms. The number of aromatic nitrogens is 2. The van der Waals surface area contributed by atoms with E-state index in [4.69, 9.17) is 21.1 Å². The van der Waals surface area contributed by atoms with Gasteiger partial charge in [0.15, 0.2) is 17.2 Å². The number of carbonyl (C=O) groups excluding carboxylic acids is 1. The molecule has 0 unspecified atom stereocenters. The summed E-state index contributed by atoms with van der Waals surface area (Å²) in [6, 6.07) is 19.8. The fourth-order valence-electron chi connectivity index (χ4n) is 3.23. The van der Waals surface area contributed by atoms with Gasteiger partial charge in [-0.2, -0.15) is 0 Å². The zero-order valence-electron chi connectivity index (χ0n) is 17.7. The van der Waals surface area contributed by atoms with Crippen molar-refractivity contribution in [1.82, 2.24) is 9.55 Å². The highest BCUT2D eigenvalue weighted by Gasteiger charge is 2.13. The van der Waals surface area contributed by atoms with E-state index in [1.807, 2.05) is 42.0 Å². The number of imidazole rings is 1. The third-order valence-corrected chi connectivity index (χ3v) is 5.21. The van der Waals surface area contributed by atoms with Gasteiger partial charge >= 0.3 is 0 Å². The van der Waals surface area contributed by atoms with Crippen LogP contribution in [0.2, 0.25) is 5.02 Å². The van der Waals surface area contributed by atoms with Crippen LogP contribution in [0.3, 0.4) is 0 Å². The minimum Gasteiger partial charge on any atom is -0.493 e. The molecule has 0 bridgehead atoms. The number of hydrogen-bond donors (Lipinski definition) is 1. The monoisotopic (exact) mass is 447 g/mol. The highest BCUT2D eigenvalue weighted by Crippen LogP contribution is 2.36. The van der Waals surface area contributed by atoms with Crippen molar-refractivity contribution in [1.29, 1.82) is 0 Å². The number of nitrogens with zero attached hydrogens (tertiary/aromatic N) is 2. The molecule has 32 heavy (non-hydrogen) atoms. The number of benzene rings is 3. The van der Waals surface area contributed by atoms with Crippen LogP contribution in [0, 0.1) is 6.92 Å². The van der Waals surface area contributed by atoms with Crippen LogP contribution in [-0.2, 0) is 6.54 Å². The summed E-state index contributed by atoms with van der Waals surface area (Å²) in [6.45, 7) is 2.65. The Hall–Kier alpha value is -3.77. The van der Waals surface area contributed by atoms with Crippen LogP contribution in [0.15, 0.2) is 79.1 Å². The summed E-state index contributed by atoms with van der Waals surface area (Å²) in [4.78, 5) is 17.1. The van der Waals surface area contributed by atoms with Crippen LogP contribution in [0.25, 0.3) is 0 Å². The Morgan fingerprint density at radius 1 is 1.03 bits per heavy atom. The van der Waals surface area contributed by atoms with Gasteiger partial charge in [0, 0.05) is 29.5 Å². The maximum atomic E-state index is 12.9. The Morgan fingerprint density at radius 3 is 2.47 bits per heavy atom. The SMILES string of the molecule is COc1ccccc1Oc1ccc(Cl)cc1NC(=O)c1ccc(Cn2ccnc2C)cc1. The molecule has 3 aromatic carbocycles. The van der Waals surface area contributed by atoms with Crippen molar-refractivity contribution in [3.8, 4) is 17.2 Å². The number of para-hydroxylation sites is 2. The van der Waals surface area contributed by atoms with Gasteiger partial charge in [0.05, 0.1) is 12.8 Å². The van der Waals surface area contributed by atoms with Crippen LogP contribution in [-0.4, -0.2) is 22.6 Å². The van der Waals surface area contributed by atoms with E-state index in [1.165, 1.54) is 0 Å². The zero-order chi connectivity index (χ0) is 22.5. The second kappa shape index (κ2) is 9.58. The van der Waals surface area contributed by atoms with Crippen molar-refractivity contribution in [2.45, 2.75) is 13.5 Å². The average Bonchev–Trinajstić information content (AvgIpc) is 3.20. The van der Waals surface area contributed by atoms with E-state index in [2.05, 4.69) is 10.3 Å². The first kappa shape index (κ1) is 21.5. The van der Waals surface area contributed by atoms with E-state index >= 15 is 0 Å². The summed E-state index contributed by atoms with van der Waals surface area (Å²) in [7, 11) is 1.57. The second-order valence-corrected chi connectivity index (χ2v) is 7.58. The summed E-state index contributed by atoms with van der Waals surface area (Å²) in [5, 5.41) is 3.38. The van der Waals surface area contributed by atoms with E-state index in [-0.39, 0.29) is 5.91 Å². The first-order chi connectivity index (χ1) is 15.5. The molecule has 0 saturated carbocycles. The molecule has 0 saturated heterocycles. The van der Waals surface area contributed by atoms with E-state index < -0.39 is 0 Å². The van der Waals surface area contributed by atoms with Crippen LogP contribution in [0.5, 0.6) is 17.2 Å². The van der Waals surface area contributed by atoms with Crippen molar-refractivity contribution >= 4 is 23.2 Å². The largest absolute Gasteiger partial charge is 0.493 e. The van der Waals surface area contributed by atoms with Crippen LogP contribution in [0.4, 0.5) is 5.69 Å². The molecule has 1 aromatic heterocycles. The number of halogens is 1. The normalized spacial score (nSPS) is 10.6. The minimum atomic E-state index is -0.262. The van der Waals surface area contributed by atoms with Gasteiger partial charge in [0.25, 0.3) is 5.91 Å². The summed E-state index contributed by atoms with van der Waals surface area (Å²) in [5.41, 5.74) is 2.07. The van der Waals surface area contributed by atoms with Crippen LogP contribution >= 0.6 is 11.6 Å². The molecule has 4 aromatic rings. The van der Waals surface area contributed by atoms with Crippen molar-refractivity contribution in [3.05, 3.63) is 101 Å². The third-order valence-electron chi connectivity index (χ3n) is 4.97. The van der Waals surface area contributed by atoms with Gasteiger partial charge in [0.2, 0.25) is 0 Å². The van der Waals surface area contributed by atoms with Crippen molar-refractivity contribution in [3.63, 3.8) is 0 Å². The predicted molar refractivity (Wildman–Crippen MR) is 125 cm³/mol. The lowest BCUT2D eigenvalue weighted by molar-refractivity contribution is 0.102. The fraction of sp³-hybridized carbons (Fsp3) is 0.120. The molecule has 1 heterocycles. The first-order valence-corrected chi connectivity index (χ1v) is 10.4. The zero-order valence-corrected chi connectivity index (χ0v) is 18.5. The molecular formula is C25H22ClN3O3. The number of aryl methyl sites for hydroxylation is 1. The summed E-state index contributed by atoms with van der Waals surface area (Å²) in [6.07, 6.45) is 3.70. The Morgan fingerprint density at radius 2 is 1.78 bits per heavy atom. The molecule has 4 rings (SSSR count). The number of carbonyl (C=O) groups is 1. The minimum absolute atomic E-state index is 0.262. The van der Waals surface area contributed by atoms with E-state index in [1.54, 1.807) is 55.8 Å². The van der Waals surface area contributed by atoms with Gasteiger partial charge in [-0.15, -0.1) is 0 Å². The fourth-order valence-corrected chi connectivity index (χ4v) is 3.41. The maximum absolute atomic E-state index is 12.9. The van der Waals surface area contributed by atoms with E-state index in [9.17, 15) is 4.79 Å². The number of amides is 1. The van der Waals surface area contributed by atoms with Gasteiger partial charge < -0.3 is 19.4 Å². The Kier molecular flexibility index (Phi) is 6.42. The van der Waals surface area contributed by atoms with E-state index in [0.29, 0.717) is 40.1 Å². The highest BCUT2D eigenvalue weighted by atomic mass is 35.5. The number of rotatable bonds is 7. The van der Waals surface area contributed by atoms with Crippen molar-refractivity contribution in [2.24, 2.45) is 0 Å². The molecule has 6 nitrogen and oxygen atoms in total. The van der Waals surface area contributed by atoms with Gasteiger partial charge in [-0.25, -0.2) is 4.98 Å². The van der Waals surface area contributed by atoms with Crippen molar-refractivity contribution in [2.75, 3.05) is 12.4 Å². The summed E-state index contributed by atoms with van der Waals surface area (Å²) < 4.78 is 13.4. The quantitative estimate of drug-likeness (QED) is 0.380. The molecule has 0 aliphatic rings. The predicted octanol–water partition coefficient (Wildman–Crippen LogP) is 5.95. The topological polar surface area (TPSA) is 65.4 Å².